The molecule has 30 heavy (non-hydrogen) atoms. The average molecular weight is 434 g/mol. The fourth-order valence-corrected chi connectivity index (χ4v) is 3.13. The lowest BCUT2D eigenvalue weighted by atomic mass is 10.1. The first-order chi connectivity index (χ1) is 14.1. The van der Waals surface area contributed by atoms with Gasteiger partial charge in [0.1, 0.15) is 11.6 Å². The zero-order valence-corrected chi connectivity index (χ0v) is 15.4. The van der Waals surface area contributed by atoms with Crippen LogP contribution in [-0.4, -0.2) is 60.3 Å². The summed E-state index contributed by atoms with van der Waals surface area (Å²) >= 11 is 0. The summed E-state index contributed by atoms with van der Waals surface area (Å²) in [6, 6.07) is 1.22. The van der Waals surface area contributed by atoms with Gasteiger partial charge >= 0.3 is 6.18 Å². The van der Waals surface area contributed by atoms with Gasteiger partial charge in [0.2, 0.25) is 0 Å². The Bertz CT molecular complexity index is 908. The molecule has 0 amide bonds. The van der Waals surface area contributed by atoms with Gasteiger partial charge in [0.25, 0.3) is 5.92 Å². The SMILES string of the molecule is Fc1c(N2CC(F)(F)C2)cc(Nc2cnc(C(F)(F)F)cn2)nc1N1CCOCC1. The number of halogens is 6. The van der Waals surface area contributed by atoms with Gasteiger partial charge in [0.15, 0.2) is 17.3 Å². The van der Waals surface area contributed by atoms with E-state index in [4.69, 9.17) is 4.74 Å². The van der Waals surface area contributed by atoms with Crippen LogP contribution in [-0.2, 0) is 10.9 Å². The second-order valence-electron chi connectivity index (χ2n) is 6.89. The maximum absolute atomic E-state index is 15.1. The summed E-state index contributed by atoms with van der Waals surface area (Å²) in [5, 5.41) is 2.66. The fourth-order valence-electron chi connectivity index (χ4n) is 3.13. The summed E-state index contributed by atoms with van der Waals surface area (Å²) in [4.78, 5) is 13.9. The molecular formula is C17H16F6N6O. The number of morpholine rings is 1. The van der Waals surface area contributed by atoms with Gasteiger partial charge in [-0.15, -0.1) is 0 Å². The first-order valence-electron chi connectivity index (χ1n) is 8.95. The van der Waals surface area contributed by atoms with E-state index in [1.807, 2.05) is 0 Å². The molecule has 0 aliphatic carbocycles. The average Bonchev–Trinajstić information content (AvgIpc) is 2.68. The van der Waals surface area contributed by atoms with E-state index in [9.17, 15) is 22.0 Å². The van der Waals surface area contributed by atoms with E-state index in [0.717, 1.165) is 6.20 Å². The minimum absolute atomic E-state index is 0.0390. The van der Waals surface area contributed by atoms with E-state index in [0.29, 0.717) is 32.5 Å². The van der Waals surface area contributed by atoms with Gasteiger partial charge in [-0.25, -0.2) is 28.1 Å². The highest BCUT2D eigenvalue weighted by Gasteiger charge is 2.45. The van der Waals surface area contributed by atoms with E-state index in [1.54, 1.807) is 4.90 Å². The van der Waals surface area contributed by atoms with Crippen LogP contribution in [0, 0.1) is 5.82 Å². The molecule has 0 bridgehead atoms. The van der Waals surface area contributed by atoms with Crippen molar-refractivity contribution in [3.63, 3.8) is 0 Å². The minimum Gasteiger partial charge on any atom is -0.378 e. The van der Waals surface area contributed by atoms with Crippen molar-refractivity contribution in [2.45, 2.75) is 12.1 Å². The molecule has 4 rings (SSSR count). The zero-order valence-electron chi connectivity index (χ0n) is 15.4. The van der Waals surface area contributed by atoms with E-state index in [1.165, 1.54) is 11.0 Å². The van der Waals surface area contributed by atoms with Gasteiger partial charge in [-0.05, 0) is 0 Å². The van der Waals surface area contributed by atoms with E-state index >= 15 is 4.39 Å². The van der Waals surface area contributed by atoms with Crippen molar-refractivity contribution >= 4 is 23.1 Å². The Labute approximate surface area is 166 Å². The number of ether oxygens (including phenoxy) is 1. The third-order valence-electron chi connectivity index (χ3n) is 4.62. The highest BCUT2D eigenvalue weighted by Crippen LogP contribution is 2.38. The molecule has 0 unspecified atom stereocenters. The van der Waals surface area contributed by atoms with Crippen molar-refractivity contribution in [2.75, 3.05) is 54.5 Å². The highest BCUT2D eigenvalue weighted by molar-refractivity contribution is 5.67. The van der Waals surface area contributed by atoms with E-state index in [-0.39, 0.29) is 23.1 Å². The third kappa shape index (κ3) is 4.20. The predicted molar refractivity (Wildman–Crippen MR) is 94.7 cm³/mol. The molecule has 7 nitrogen and oxygen atoms in total. The lowest BCUT2D eigenvalue weighted by Crippen LogP contribution is -2.56. The molecule has 162 valence electrons. The maximum atomic E-state index is 15.1. The molecule has 2 aliphatic rings. The summed E-state index contributed by atoms with van der Waals surface area (Å²) in [7, 11) is 0. The Morgan fingerprint density at radius 3 is 2.27 bits per heavy atom. The number of nitrogens with one attached hydrogen (secondary N) is 1. The van der Waals surface area contributed by atoms with Crippen molar-refractivity contribution in [1.82, 2.24) is 15.0 Å². The van der Waals surface area contributed by atoms with Gasteiger partial charge in [0.05, 0.1) is 44.4 Å². The number of alkyl halides is 5. The number of rotatable bonds is 4. The molecule has 0 aromatic carbocycles. The van der Waals surface area contributed by atoms with Gasteiger partial charge in [-0.3, -0.25) is 0 Å². The number of hydrogen-bond acceptors (Lipinski definition) is 7. The van der Waals surface area contributed by atoms with E-state index in [2.05, 4.69) is 20.3 Å². The second-order valence-corrected chi connectivity index (χ2v) is 6.89. The quantitative estimate of drug-likeness (QED) is 0.742. The van der Waals surface area contributed by atoms with Crippen LogP contribution in [0.1, 0.15) is 5.69 Å². The van der Waals surface area contributed by atoms with Crippen LogP contribution in [0.2, 0.25) is 0 Å². The highest BCUT2D eigenvalue weighted by atomic mass is 19.4. The summed E-state index contributed by atoms with van der Waals surface area (Å²) in [5.74, 6) is -3.75. The number of anilines is 4. The van der Waals surface area contributed by atoms with Gasteiger partial charge < -0.3 is 19.9 Å². The van der Waals surface area contributed by atoms with Crippen LogP contribution < -0.4 is 15.1 Å². The normalized spacial score (nSPS) is 18.9. The number of pyridine rings is 1. The van der Waals surface area contributed by atoms with Crippen LogP contribution in [0.3, 0.4) is 0 Å². The van der Waals surface area contributed by atoms with Crippen LogP contribution in [0.4, 0.5) is 49.5 Å². The molecule has 2 fully saturated rings. The van der Waals surface area contributed by atoms with Crippen molar-refractivity contribution in [3.05, 3.63) is 30.0 Å². The largest absolute Gasteiger partial charge is 0.434 e. The topological polar surface area (TPSA) is 66.4 Å². The Morgan fingerprint density at radius 2 is 1.70 bits per heavy atom. The monoisotopic (exact) mass is 434 g/mol. The lowest BCUT2D eigenvalue weighted by molar-refractivity contribution is -0.141. The molecule has 2 aromatic rings. The third-order valence-corrected chi connectivity index (χ3v) is 4.62. The van der Waals surface area contributed by atoms with Gasteiger partial charge in [0, 0.05) is 19.2 Å². The molecule has 2 saturated heterocycles. The Morgan fingerprint density at radius 1 is 1.00 bits per heavy atom. The molecule has 2 aromatic heterocycles. The van der Waals surface area contributed by atoms with Crippen molar-refractivity contribution in [3.8, 4) is 0 Å². The molecular weight excluding hydrogens is 418 g/mol. The molecule has 1 N–H and O–H groups in total. The number of aromatic nitrogens is 3. The fraction of sp³-hybridized carbons (Fsp3) is 0.471. The predicted octanol–water partition coefficient (Wildman–Crippen LogP) is 3.07. The Balaban J connectivity index is 1.64. The summed E-state index contributed by atoms with van der Waals surface area (Å²) in [5.41, 5.74) is -1.25. The first kappa shape index (κ1) is 20.4. The number of nitrogens with zero attached hydrogens (tertiary/aromatic N) is 5. The molecule has 0 spiro atoms. The number of hydrogen-bond donors (Lipinski definition) is 1. The Hall–Kier alpha value is -2.83. The molecule has 0 saturated carbocycles. The maximum Gasteiger partial charge on any atom is 0.434 e. The van der Waals surface area contributed by atoms with Crippen LogP contribution in [0.25, 0.3) is 0 Å². The standard InChI is InChI=1S/C17H16F6N6O/c18-14-10(29-8-16(19,20)9-29)5-12(27-15(14)28-1-3-30-4-2-28)26-13-7-24-11(6-25-13)17(21,22)23/h5-7H,1-4,8-9H2,(H,25,26,27). The molecule has 13 heteroatoms. The van der Waals surface area contributed by atoms with Crippen molar-refractivity contribution < 1.29 is 31.1 Å². The van der Waals surface area contributed by atoms with Crippen LogP contribution in [0.15, 0.2) is 18.5 Å². The minimum atomic E-state index is -4.64. The van der Waals surface area contributed by atoms with Crippen LogP contribution in [0.5, 0.6) is 0 Å². The summed E-state index contributed by atoms with van der Waals surface area (Å²) in [6.07, 6.45) is -3.23. The molecule has 0 atom stereocenters. The second kappa shape index (κ2) is 7.45. The van der Waals surface area contributed by atoms with Gasteiger partial charge in [-0.1, -0.05) is 0 Å². The van der Waals surface area contributed by atoms with Crippen LogP contribution >= 0.6 is 0 Å². The first-order valence-corrected chi connectivity index (χ1v) is 8.95. The smallest absolute Gasteiger partial charge is 0.378 e. The van der Waals surface area contributed by atoms with E-state index < -0.39 is 36.7 Å². The summed E-state index contributed by atoms with van der Waals surface area (Å²) < 4.78 is 84.8. The molecule has 0 radical (unpaired) electrons. The lowest BCUT2D eigenvalue weighted by Gasteiger charge is -2.41. The Kier molecular flexibility index (Phi) is 5.08. The van der Waals surface area contributed by atoms with Crippen molar-refractivity contribution in [2.24, 2.45) is 0 Å². The van der Waals surface area contributed by atoms with Crippen molar-refractivity contribution in [1.29, 1.82) is 0 Å². The van der Waals surface area contributed by atoms with Gasteiger partial charge in [-0.2, -0.15) is 13.2 Å². The summed E-state index contributed by atoms with van der Waals surface area (Å²) in [6.45, 7) is 0.110. The zero-order chi connectivity index (χ0) is 21.5. The molecule has 2 aliphatic heterocycles. The molecule has 4 heterocycles.